The van der Waals surface area contributed by atoms with E-state index in [-0.39, 0.29) is 23.9 Å². The molecule has 0 bridgehead atoms. The number of furan rings is 1. The van der Waals surface area contributed by atoms with Crippen molar-refractivity contribution in [2.24, 2.45) is 11.8 Å². The standard InChI is InChI=1S/C28H38N4O3/c1-19-22(14-17-35-19)27(33)31(2)25(18-20-8-4-3-5-9-20)21-12-15-32(16-13-21)28(34)26-23-10-6-7-11-24(23)29-30-26/h3-5,8-9,14,17,21,23-26,29-30H,6-7,10-13,15-16,18H2,1-2H3. The minimum absolute atomic E-state index is 0.000238. The number of likely N-dealkylation sites (N-methyl/N-ethyl adjacent to an activating group) is 1. The summed E-state index contributed by atoms with van der Waals surface area (Å²) in [5, 5.41) is 0. The Bertz CT molecular complexity index is 1010. The number of aryl methyl sites for hydroxylation is 1. The number of likely N-dealkylation sites (tertiary alicyclic amines) is 1. The van der Waals surface area contributed by atoms with Crippen LogP contribution in [0, 0.1) is 18.8 Å². The molecule has 5 rings (SSSR count). The van der Waals surface area contributed by atoms with Crippen molar-refractivity contribution in [3.63, 3.8) is 0 Å². The van der Waals surface area contributed by atoms with Crippen LogP contribution in [0.4, 0.5) is 0 Å². The number of nitrogens with one attached hydrogen (secondary N) is 2. The molecule has 7 heteroatoms. The van der Waals surface area contributed by atoms with Gasteiger partial charge in [-0.3, -0.25) is 15.0 Å². The molecule has 2 saturated heterocycles. The van der Waals surface area contributed by atoms with E-state index in [4.69, 9.17) is 4.42 Å². The number of amides is 2. The molecule has 0 spiro atoms. The summed E-state index contributed by atoms with van der Waals surface area (Å²) in [6.45, 7) is 3.33. The number of carbonyl (C=O) groups excluding carboxylic acids is 2. The highest BCUT2D eigenvalue weighted by molar-refractivity contribution is 5.95. The first-order valence-corrected chi connectivity index (χ1v) is 13.2. The number of piperidine rings is 1. The average Bonchev–Trinajstić information content (AvgIpc) is 3.53. The van der Waals surface area contributed by atoms with Gasteiger partial charge in [0.15, 0.2) is 0 Å². The first-order valence-electron chi connectivity index (χ1n) is 13.2. The van der Waals surface area contributed by atoms with Crippen molar-refractivity contribution in [1.82, 2.24) is 20.7 Å². The van der Waals surface area contributed by atoms with Crippen LogP contribution < -0.4 is 10.9 Å². The topological polar surface area (TPSA) is 77.8 Å². The van der Waals surface area contributed by atoms with Crippen molar-refractivity contribution in [3.8, 4) is 0 Å². The zero-order chi connectivity index (χ0) is 24.4. The van der Waals surface area contributed by atoms with Crippen LogP contribution in [0.25, 0.3) is 0 Å². The Hall–Kier alpha value is -2.64. The molecular formula is C28H38N4O3. The lowest BCUT2D eigenvalue weighted by atomic mass is 9.80. The van der Waals surface area contributed by atoms with Gasteiger partial charge in [0.25, 0.3) is 5.91 Å². The number of rotatable bonds is 6. The van der Waals surface area contributed by atoms with Gasteiger partial charge in [-0.25, -0.2) is 5.43 Å². The van der Waals surface area contributed by atoms with Crippen LogP contribution in [0.1, 0.15) is 60.2 Å². The van der Waals surface area contributed by atoms with Crippen LogP contribution >= 0.6 is 0 Å². The van der Waals surface area contributed by atoms with Crippen molar-refractivity contribution < 1.29 is 14.0 Å². The SMILES string of the molecule is Cc1occc1C(=O)N(C)C(Cc1ccccc1)C1CCN(C(=O)C2NNC3CCCCC32)CC1. The predicted octanol–water partition coefficient (Wildman–Crippen LogP) is 3.55. The molecule has 188 valence electrons. The second-order valence-corrected chi connectivity index (χ2v) is 10.5. The number of hydrogen-bond acceptors (Lipinski definition) is 5. The van der Waals surface area contributed by atoms with Crippen molar-refractivity contribution in [2.45, 2.75) is 70.0 Å². The van der Waals surface area contributed by atoms with Crippen LogP contribution in [-0.2, 0) is 11.2 Å². The predicted molar refractivity (Wildman–Crippen MR) is 135 cm³/mol. The minimum Gasteiger partial charge on any atom is -0.469 e. The van der Waals surface area contributed by atoms with Gasteiger partial charge in [0.05, 0.1) is 11.8 Å². The highest BCUT2D eigenvalue weighted by Gasteiger charge is 2.43. The molecule has 4 atom stereocenters. The van der Waals surface area contributed by atoms with E-state index < -0.39 is 0 Å². The third kappa shape index (κ3) is 5.02. The van der Waals surface area contributed by atoms with Crippen LogP contribution in [0.15, 0.2) is 47.1 Å². The molecule has 2 amide bonds. The Balaban J connectivity index is 1.27. The number of benzene rings is 1. The molecule has 3 fully saturated rings. The average molecular weight is 479 g/mol. The second kappa shape index (κ2) is 10.5. The fourth-order valence-electron chi connectivity index (χ4n) is 6.41. The van der Waals surface area contributed by atoms with E-state index in [0.29, 0.717) is 29.2 Å². The van der Waals surface area contributed by atoms with Gasteiger partial charge in [-0.15, -0.1) is 0 Å². The van der Waals surface area contributed by atoms with Gasteiger partial charge in [-0.05, 0) is 56.6 Å². The summed E-state index contributed by atoms with van der Waals surface area (Å²) in [4.78, 5) is 30.7. The van der Waals surface area contributed by atoms with Crippen molar-refractivity contribution >= 4 is 11.8 Å². The maximum Gasteiger partial charge on any atom is 0.257 e. The normalized spacial score (nSPS) is 25.8. The fourth-order valence-corrected chi connectivity index (χ4v) is 6.41. The number of nitrogens with zero attached hydrogens (tertiary/aromatic N) is 2. The molecule has 2 aliphatic heterocycles. The molecule has 3 aliphatic rings. The molecule has 35 heavy (non-hydrogen) atoms. The van der Waals surface area contributed by atoms with Crippen LogP contribution in [0.3, 0.4) is 0 Å². The zero-order valence-electron chi connectivity index (χ0n) is 20.9. The summed E-state index contributed by atoms with van der Waals surface area (Å²) >= 11 is 0. The third-order valence-corrected chi connectivity index (χ3v) is 8.53. The van der Waals surface area contributed by atoms with Gasteiger partial charge in [-0.2, -0.15) is 0 Å². The number of hydrazine groups is 1. The maximum absolute atomic E-state index is 13.4. The Morgan fingerprint density at radius 2 is 1.80 bits per heavy atom. The van der Waals surface area contributed by atoms with E-state index in [1.165, 1.54) is 18.4 Å². The van der Waals surface area contributed by atoms with Gasteiger partial charge >= 0.3 is 0 Å². The molecule has 0 radical (unpaired) electrons. The molecule has 1 aromatic heterocycles. The summed E-state index contributed by atoms with van der Waals surface area (Å²) in [6, 6.07) is 12.5. The molecule has 2 N–H and O–H groups in total. The summed E-state index contributed by atoms with van der Waals surface area (Å²) in [6.07, 6.45) is 8.92. The molecule has 2 aromatic rings. The van der Waals surface area contributed by atoms with E-state index >= 15 is 0 Å². The summed E-state index contributed by atoms with van der Waals surface area (Å²) in [5.74, 6) is 1.63. The Morgan fingerprint density at radius 3 is 2.51 bits per heavy atom. The van der Waals surface area contributed by atoms with E-state index in [9.17, 15) is 9.59 Å². The smallest absolute Gasteiger partial charge is 0.257 e. The van der Waals surface area contributed by atoms with E-state index in [1.54, 1.807) is 12.3 Å². The Kier molecular flexibility index (Phi) is 7.25. The summed E-state index contributed by atoms with van der Waals surface area (Å²) in [7, 11) is 1.91. The van der Waals surface area contributed by atoms with Crippen LogP contribution in [0.2, 0.25) is 0 Å². The van der Waals surface area contributed by atoms with Gasteiger partial charge in [0.2, 0.25) is 5.91 Å². The van der Waals surface area contributed by atoms with Crippen molar-refractivity contribution in [2.75, 3.05) is 20.1 Å². The van der Waals surface area contributed by atoms with E-state index in [1.807, 2.05) is 24.9 Å². The zero-order valence-corrected chi connectivity index (χ0v) is 20.9. The highest BCUT2D eigenvalue weighted by atomic mass is 16.3. The van der Waals surface area contributed by atoms with Crippen LogP contribution in [0.5, 0.6) is 0 Å². The summed E-state index contributed by atoms with van der Waals surface area (Å²) < 4.78 is 5.40. The van der Waals surface area contributed by atoms with Gasteiger partial charge < -0.3 is 14.2 Å². The fraction of sp³-hybridized carbons (Fsp3) is 0.571. The third-order valence-electron chi connectivity index (χ3n) is 8.53. The van der Waals surface area contributed by atoms with Crippen molar-refractivity contribution in [3.05, 3.63) is 59.5 Å². The quantitative estimate of drug-likeness (QED) is 0.664. The minimum atomic E-state index is -0.106. The Labute approximate surface area is 208 Å². The van der Waals surface area contributed by atoms with Gasteiger partial charge in [0.1, 0.15) is 11.8 Å². The monoisotopic (exact) mass is 478 g/mol. The highest BCUT2D eigenvalue weighted by Crippen LogP contribution is 2.33. The lowest BCUT2D eigenvalue weighted by Gasteiger charge is -2.41. The largest absolute Gasteiger partial charge is 0.469 e. The first-order chi connectivity index (χ1) is 17.0. The molecule has 1 aliphatic carbocycles. The van der Waals surface area contributed by atoms with E-state index in [0.717, 1.165) is 45.2 Å². The van der Waals surface area contributed by atoms with Gasteiger partial charge in [-0.1, -0.05) is 43.2 Å². The Morgan fingerprint density at radius 1 is 1.06 bits per heavy atom. The molecule has 1 aromatic carbocycles. The molecule has 1 saturated carbocycles. The van der Waals surface area contributed by atoms with Crippen molar-refractivity contribution in [1.29, 1.82) is 0 Å². The molecule has 4 unspecified atom stereocenters. The lowest BCUT2D eigenvalue weighted by Crippen LogP contribution is -2.53. The second-order valence-electron chi connectivity index (χ2n) is 10.5. The maximum atomic E-state index is 13.4. The van der Waals surface area contributed by atoms with Gasteiger partial charge in [0, 0.05) is 38.1 Å². The number of carbonyl (C=O) groups is 2. The molecular weight excluding hydrogens is 440 g/mol. The number of hydrogen-bond donors (Lipinski definition) is 2. The summed E-state index contributed by atoms with van der Waals surface area (Å²) in [5.41, 5.74) is 8.54. The number of fused-ring (bicyclic) bond motifs is 1. The van der Waals surface area contributed by atoms with E-state index in [2.05, 4.69) is 40.0 Å². The molecule has 7 nitrogen and oxygen atoms in total. The first kappa shape index (κ1) is 24.1. The van der Waals surface area contributed by atoms with Crippen LogP contribution in [-0.4, -0.2) is 59.9 Å². The lowest BCUT2D eigenvalue weighted by molar-refractivity contribution is -0.136. The molecule has 3 heterocycles.